The Kier molecular flexibility index (Phi) is 7.07. The van der Waals surface area contributed by atoms with Crippen molar-refractivity contribution in [1.82, 2.24) is 9.88 Å². The zero-order valence-electron chi connectivity index (χ0n) is 17.8. The Morgan fingerprint density at radius 3 is 2.55 bits per heavy atom. The van der Waals surface area contributed by atoms with Crippen LogP contribution >= 0.6 is 11.3 Å². The number of nitrogens with zero attached hydrogens (tertiary/aromatic N) is 2. The Balaban J connectivity index is 1.41. The van der Waals surface area contributed by atoms with E-state index in [-0.39, 0.29) is 5.91 Å². The molecule has 0 aliphatic carbocycles. The van der Waals surface area contributed by atoms with Gasteiger partial charge in [-0.25, -0.2) is 4.98 Å². The van der Waals surface area contributed by atoms with Crippen LogP contribution < -0.4 is 5.32 Å². The van der Waals surface area contributed by atoms with E-state index < -0.39 is 0 Å². The van der Waals surface area contributed by atoms with Crippen LogP contribution in [-0.4, -0.2) is 22.3 Å². The number of hydrogen-bond acceptors (Lipinski definition) is 4. The quantitative estimate of drug-likeness (QED) is 0.337. The Labute approximate surface area is 187 Å². The predicted molar refractivity (Wildman–Crippen MR) is 129 cm³/mol. The van der Waals surface area contributed by atoms with Crippen molar-refractivity contribution in [3.05, 3.63) is 95.0 Å². The molecular formula is C26H27N3OS. The summed E-state index contributed by atoms with van der Waals surface area (Å²) in [6.45, 7) is 4.92. The average molecular weight is 430 g/mol. The van der Waals surface area contributed by atoms with Gasteiger partial charge in [-0.3, -0.25) is 15.0 Å². The molecule has 0 radical (unpaired) electrons. The van der Waals surface area contributed by atoms with E-state index in [2.05, 4.69) is 46.4 Å². The molecule has 0 aliphatic rings. The first-order chi connectivity index (χ1) is 15.2. The molecule has 0 bridgehead atoms. The average Bonchev–Trinajstić information content (AvgIpc) is 3.24. The van der Waals surface area contributed by atoms with Crippen LogP contribution in [0.2, 0.25) is 0 Å². The summed E-state index contributed by atoms with van der Waals surface area (Å²) >= 11 is 1.48. The Bertz CT molecular complexity index is 1140. The Hall–Kier alpha value is -3.02. The second-order valence-corrected chi connectivity index (χ2v) is 8.57. The lowest BCUT2D eigenvalue weighted by Gasteiger charge is -2.21. The van der Waals surface area contributed by atoms with Crippen molar-refractivity contribution in [3.8, 4) is 0 Å². The maximum atomic E-state index is 12.7. The van der Waals surface area contributed by atoms with E-state index in [9.17, 15) is 4.79 Å². The number of nitrogens with one attached hydrogen (secondary N) is 1. The van der Waals surface area contributed by atoms with E-state index in [0.717, 1.165) is 48.9 Å². The number of amides is 1. The summed E-state index contributed by atoms with van der Waals surface area (Å²) < 4.78 is 0. The molecule has 1 N–H and O–H groups in total. The van der Waals surface area contributed by atoms with Crippen molar-refractivity contribution in [2.75, 3.05) is 11.9 Å². The van der Waals surface area contributed by atoms with Crippen molar-refractivity contribution in [2.24, 2.45) is 0 Å². The van der Waals surface area contributed by atoms with Gasteiger partial charge in [-0.2, -0.15) is 0 Å². The fourth-order valence-electron chi connectivity index (χ4n) is 3.60. The number of hydrogen-bond donors (Lipinski definition) is 1. The van der Waals surface area contributed by atoms with Gasteiger partial charge in [-0.05, 0) is 41.4 Å². The lowest BCUT2D eigenvalue weighted by Crippen LogP contribution is -2.24. The SMILES string of the molecule is CCCCN(Cc1ccccc1)Cc1csc(NC(=O)c2ccc3ccccc3c2)n1. The summed E-state index contributed by atoms with van der Waals surface area (Å²) in [6.07, 6.45) is 2.32. The number of anilines is 1. The third-order valence-corrected chi connectivity index (χ3v) is 6.05. The van der Waals surface area contributed by atoms with Gasteiger partial charge in [0.1, 0.15) is 0 Å². The summed E-state index contributed by atoms with van der Waals surface area (Å²) in [7, 11) is 0. The van der Waals surface area contributed by atoms with Gasteiger partial charge in [0, 0.05) is 24.0 Å². The van der Waals surface area contributed by atoms with Crippen molar-refractivity contribution in [3.63, 3.8) is 0 Å². The molecule has 0 spiro atoms. The van der Waals surface area contributed by atoms with Crippen LogP contribution in [0.25, 0.3) is 10.8 Å². The smallest absolute Gasteiger partial charge is 0.257 e. The van der Waals surface area contributed by atoms with Crippen LogP contribution in [0, 0.1) is 0 Å². The minimum Gasteiger partial charge on any atom is -0.298 e. The highest BCUT2D eigenvalue weighted by molar-refractivity contribution is 7.14. The summed E-state index contributed by atoms with van der Waals surface area (Å²) in [5.74, 6) is -0.126. The van der Waals surface area contributed by atoms with Crippen molar-refractivity contribution < 1.29 is 4.79 Å². The summed E-state index contributed by atoms with van der Waals surface area (Å²) in [6, 6.07) is 24.3. The van der Waals surface area contributed by atoms with E-state index in [4.69, 9.17) is 0 Å². The zero-order chi connectivity index (χ0) is 21.5. The number of unbranched alkanes of at least 4 members (excludes halogenated alkanes) is 1. The molecule has 0 saturated heterocycles. The third kappa shape index (κ3) is 5.78. The van der Waals surface area contributed by atoms with E-state index in [1.54, 1.807) is 0 Å². The van der Waals surface area contributed by atoms with Crippen LogP contribution in [0.3, 0.4) is 0 Å². The molecule has 1 aromatic heterocycles. The monoisotopic (exact) mass is 429 g/mol. The zero-order valence-corrected chi connectivity index (χ0v) is 18.6. The van der Waals surface area contributed by atoms with Crippen molar-refractivity contribution in [2.45, 2.75) is 32.9 Å². The van der Waals surface area contributed by atoms with Gasteiger partial charge in [0.25, 0.3) is 5.91 Å². The second-order valence-electron chi connectivity index (χ2n) is 7.71. The normalized spacial score (nSPS) is 11.2. The van der Waals surface area contributed by atoms with Gasteiger partial charge < -0.3 is 0 Å². The standard InChI is InChI=1S/C26H27N3OS/c1-2-3-15-29(17-20-9-5-4-6-10-20)18-24-19-31-26(27-24)28-25(30)23-14-13-21-11-7-8-12-22(21)16-23/h4-14,16,19H,2-3,15,17-18H2,1H3,(H,27,28,30). The third-order valence-electron chi connectivity index (χ3n) is 5.25. The minimum absolute atomic E-state index is 0.126. The van der Waals surface area contributed by atoms with Gasteiger partial charge in [0.15, 0.2) is 5.13 Å². The first-order valence-electron chi connectivity index (χ1n) is 10.7. The van der Waals surface area contributed by atoms with E-state index >= 15 is 0 Å². The molecule has 0 aliphatic heterocycles. The molecule has 31 heavy (non-hydrogen) atoms. The van der Waals surface area contributed by atoms with E-state index in [1.807, 2.05) is 53.9 Å². The summed E-state index contributed by atoms with van der Waals surface area (Å²) in [5.41, 5.74) is 2.94. The largest absolute Gasteiger partial charge is 0.298 e. The molecular weight excluding hydrogens is 402 g/mol. The Morgan fingerprint density at radius 1 is 0.968 bits per heavy atom. The molecule has 0 atom stereocenters. The lowest BCUT2D eigenvalue weighted by atomic mass is 10.1. The number of carbonyl (C=O) groups excluding carboxylic acids is 1. The number of rotatable bonds is 9. The van der Waals surface area contributed by atoms with Gasteiger partial charge in [-0.15, -0.1) is 11.3 Å². The van der Waals surface area contributed by atoms with Gasteiger partial charge in [0.2, 0.25) is 0 Å². The predicted octanol–water partition coefficient (Wildman–Crippen LogP) is 6.35. The molecule has 4 nitrogen and oxygen atoms in total. The molecule has 4 aromatic rings. The van der Waals surface area contributed by atoms with Gasteiger partial charge >= 0.3 is 0 Å². The maximum absolute atomic E-state index is 12.7. The van der Waals surface area contributed by atoms with Crippen LogP contribution in [0.4, 0.5) is 5.13 Å². The number of carbonyl (C=O) groups is 1. The topological polar surface area (TPSA) is 45.2 Å². The van der Waals surface area contributed by atoms with Crippen LogP contribution in [0.5, 0.6) is 0 Å². The highest BCUT2D eigenvalue weighted by Crippen LogP contribution is 2.21. The van der Waals surface area contributed by atoms with E-state index in [1.165, 1.54) is 16.9 Å². The number of thiazole rings is 1. The molecule has 0 unspecified atom stereocenters. The number of fused-ring (bicyclic) bond motifs is 1. The first kappa shape index (κ1) is 21.2. The molecule has 0 saturated carbocycles. The molecule has 1 heterocycles. The summed E-state index contributed by atoms with van der Waals surface area (Å²) in [4.78, 5) is 19.8. The Morgan fingerprint density at radius 2 is 1.74 bits per heavy atom. The highest BCUT2D eigenvalue weighted by atomic mass is 32.1. The molecule has 3 aromatic carbocycles. The maximum Gasteiger partial charge on any atom is 0.257 e. The number of benzene rings is 3. The van der Waals surface area contributed by atoms with Crippen LogP contribution in [0.1, 0.15) is 41.4 Å². The summed E-state index contributed by atoms with van der Waals surface area (Å²) in [5, 5.41) is 7.83. The molecule has 1 amide bonds. The minimum atomic E-state index is -0.126. The first-order valence-corrected chi connectivity index (χ1v) is 11.6. The highest BCUT2D eigenvalue weighted by Gasteiger charge is 2.12. The fraction of sp³-hybridized carbons (Fsp3) is 0.231. The van der Waals surface area contributed by atoms with Gasteiger partial charge in [-0.1, -0.05) is 74.0 Å². The second kappa shape index (κ2) is 10.3. The molecule has 4 rings (SSSR count). The molecule has 0 fully saturated rings. The van der Waals surface area contributed by atoms with Gasteiger partial charge in [0.05, 0.1) is 5.69 Å². The van der Waals surface area contributed by atoms with Crippen molar-refractivity contribution in [1.29, 1.82) is 0 Å². The van der Waals surface area contributed by atoms with Crippen LogP contribution in [-0.2, 0) is 13.1 Å². The van der Waals surface area contributed by atoms with Crippen molar-refractivity contribution >= 4 is 33.1 Å². The van der Waals surface area contributed by atoms with Crippen LogP contribution in [0.15, 0.2) is 78.2 Å². The molecule has 5 heteroatoms. The van der Waals surface area contributed by atoms with E-state index in [0.29, 0.717) is 10.7 Å². The lowest BCUT2D eigenvalue weighted by molar-refractivity contribution is 0.102. The number of aromatic nitrogens is 1. The molecule has 158 valence electrons. The fourth-order valence-corrected chi connectivity index (χ4v) is 4.30.